The molecule has 0 unspecified atom stereocenters. The van der Waals surface area contributed by atoms with Crippen LogP contribution in [0.25, 0.3) is 0 Å². The molecule has 2 aromatic rings. The number of benzene rings is 1. The van der Waals surface area contributed by atoms with Gasteiger partial charge in [-0.25, -0.2) is 14.4 Å². The van der Waals surface area contributed by atoms with E-state index >= 15 is 0 Å². The molecule has 3 nitrogen and oxygen atoms in total. The predicted octanol–water partition coefficient (Wildman–Crippen LogP) is 3.94. The summed E-state index contributed by atoms with van der Waals surface area (Å²) in [6.07, 6.45) is -4.15. The van der Waals surface area contributed by atoms with Crippen molar-refractivity contribution in [3.8, 4) is 0 Å². The molecule has 1 aromatic heterocycles. The van der Waals surface area contributed by atoms with E-state index in [2.05, 4.69) is 15.3 Å². The molecule has 0 aliphatic heterocycles. The van der Waals surface area contributed by atoms with Gasteiger partial charge in [-0.3, -0.25) is 0 Å². The monoisotopic (exact) mass is 319 g/mol. The zero-order chi connectivity index (χ0) is 15.5. The average molecular weight is 320 g/mol. The topological polar surface area (TPSA) is 37.8 Å². The molecule has 0 saturated carbocycles. The minimum absolute atomic E-state index is 0.00978. The van der Waals surface area contributed by atoms with Crippen LogP contribution in [-0.4, -0.2) is 16.5 Å². The summed E-state index contributed by atoms with van der Waals surface area (Å²) in [5, 5.41) is 2.44. The van der Waals surface area contributed by atoms with Crippen molar-refractivity contribution in [2.75, 3.05) is 11.9 Å². The molecule has 0 amide bonds. The number of halogens is 5. The van der Waals surface area contributed by atoms with Gasteiger partial charge in [0.25, 0.3) is 0 Å². The second kappa shape index (κ2) is 6.26. The third-order valence-electron chi connectivity index (χ3n) is 2.58. The van der Waals surface area contributed by atoms with Crippen molar-refractivity contribution >= 4 is 17.4 Å². The number of rotatable bonds is 4. The van der Waals surface area contributed by atoms with E-state index < -0.39 is 12.0 Å². The lowest BCUT2D eigenvalue weighted by Crippen LogP contribution is -2.14. The summed E-state index contributed by atoms with van der Waals surface area (Å²) >= 11 is 5.54. The smallest absolute Gasteiger partial charge is 0.370 e. The van der Waals surface area contributed by atoms with E-state index in [0.29, 0.717) is 13.0 Å². The van der Waals surface area contributed by atoms with Gasteiger partial charge in [-0.1, -0.05) is 23.7 Å². The molecule has 112 valence electrons. The molecule has 0 atom stereocenters. The molecule has 0 aliphatic rings. The molecule has 0 saturated heterocycles. The number of aromatic nitrogens is 2. The van der Waals surface area contributed by atoms with Crippen LogP contribution >= 0.6 is 11.6 Å². The molecule has 8 heteroatoms. The number of hydrogen-bond acceptors (Lipinski definition) is 3. The molecule has 2 rings (SSSR count). The molecule has 1 heterocycles. The fraction of sp³-hybridized carbons (Fsp3) is 0.231. The van der Waals surface area contributed by atoms with E-state index in [9.17, 15) is 17.6 Å². The summed E-state index contributed by atoms with van der Waals surface area (Å²) in [6, 6.07) is 7.05. The molecule has 0 fully saturated rings. The summed E-state index contributed by atoms with van der Waals surface area (Å²) in [5.41, 5.74) is 0.847. The van der Waals surface area contributed by atoms with Gasteiger partial charge in [0.1, 0.15) is 16.8 Å². The number of hydrogen-bond donors (Lipinski definition) is 1. The van der Waals surface area contributed by atoms with Crippen LogP contribution in [0, 0.1) is 5.82 Å². The lowest BCUT2D eigenvalue weighted by atomic mass is 10.1. The van der Waals surface area contributed by atoms with Crippen LogP contribution in [0.5, 0.6) is 0 Å². The Kier molecular flexibility index (Phi) is 4.62. The Morgan fingerprint density at radius 3 is 2.38 bits per heavy atom. The molecular formula is C13H10ClF4N3. The first kappa shape index (κ1) is 15.5. The summed E-state index contributed by atoms with van der Waals surface area (Å²) in [6.45, 7) is 0.330. The maximum absolute atomic E-state index is 12.7. The zero-order valence-electron chi connectivity index (χ0n) is 10.6. The standard InChI is InChI=1S/C13H10ClF4N3/c14-10-7-11(21-12(20-10)13(16,17)18)19-6-5-8-1-3-9(15)4-2-8/h1-4,7H,5-6H2,(H,19,20,21). The zero-order valence-corrected chi connectivity index (χ0v) is 11.3. The van der Waals surface area contributed by atoms with E-state index in [4.69, 9.17) is 11.6 Å². The highest BCUT2D eigenvalue weighted by Crippen LogP contribution is 2.28. The van der Waals surface area contributed by atoms with Crippen LogP contribution < -0.4 is 5.32 Å². The minimum atomic E-state index is -4.65. The van der Waals surface area contributed by atoms with Crippen LogP contribution in [0.3, 0.4) is 0 Å². The molecule has 0 radical (unpaired) electrons. The van der Waals surface area contributed by atoms with Gasteiger partial charge >= 0.3 is 6.18 Å². The molecule has 21 heavy (non-hydrogen) atoms. The van der Waals surface area contributed by atoms with Crippen LogP contribution in [0.4, 0.5) is 23.4 Å². The van der Waals surface area contributed by atoms with Crippen molar-refractivity contribution in [2.24, 2.45) is 0 Å². The lowest BCUT2D eigenvalue weighted by molar-refractivity contribution is -0.144. The van der Waals surface area contributed by atoms with E-state index in [1.807, 2.05) is 0 Å². The normalized spacial score (nSPS) is 11.5. The maximum Gasteiger partial charge on any atom is 0.451 e. The Morgan fingerprint density at radius 1 is 1.10 bits per heavy atom. The summed E-state index contributed by atoms with van der Waals surface area (Å²) in [5.74, 6) is -1.65. The Labute approximate surface area is 123 Å². The Bertz CT molecular complexity index is 614. The Balaban J connectivity index is 2.00. The van der Waals surface area contributed by atoms with E-state index in [1.165, 1.54) is 18.2 Å². The highest BCUT2D eigenvalue weighted by Gasteiger charge is 2.35. The van der Waals surface area contributed by atoms with E-state index in [0.717, 1.165) is 5.56 Å². The Hall–Kier alpha value is -1.89. The van der Waals surface area contributed by atoms with Crippen LogP contribution in [0.15, 0.2) is 30.3 Å². The average Bonchev–Trinajstić information content (AvgIpc) is 2.39. The first-order valence-corrected chi connectivity index (χ1v) is 6.32. The summed E-state index contributed by atoms with van der Waals surface area (Å²) in [4.78, 5) is 6.49. The lowest BCUT2D eigenvalue weighted by Gasteiger charge is -2.09. The van der Waals surface area contributed by atoms with Crippen LogP contribution in [0.1, 0.15) is 11.4 Å². The minimum Gasteiger partial charge on any atom is -0.370 e. The number of alkyl halides is 3. The third kappa shape index (κ3) is 4.56. The van der Waals surface area contributed by atoms with Crippen molar-refractivity contribution < 1.29 is 17.6 Å². The first-order valence-electron chi connectivity index (χ1n) is 5.95. The largest absolute Gasteiger partial charge is 0.451 e. The quantitative estimate of drug-likeness (QED) is 0.685. The molecule has 0 aliphatic carbocycles. The van der Waals surface area contributed by atoms with Gasteiger partial charge in [-0.05, 0) is 24.1 Å². The van der Waals surface area contributed by atoms with Crippen LogP contribution in [-0.2, 0) is 12.6 Å². The maximum atomic E-state index is 12.7. The van der Waals surface area contributed by atoms with Crippen molar-refractivity contribution in [1.82, 2.24) is 9.97 Å². The molecule has 0 spiro atoms. The van der Waals surface area contributed by atoms with Gasteiger partial charge in [-0.2, -0.15) is 13.2 Å². The SMILES string of the molecule is Fc1ccc(CCNc2cc(Cl)nc(C(F)(F)F)n2)cc1. The second-order valence-corrected chi connectivity index (χ2v) is 4.59. The highest BCUT2D eigenvalue weighted by atomic mass is 35.5. The highest BCUT2D eigenvalue weighted by molar-refractivity contribution is 6.29. The summed E-state index contributed by atoms with van der Waals surface area (Å²) in [7, 11) is 0. The van der Waals surface area contributed by atoms with Gasteiger partial charge in [0.05, 0.1) is 0 Å². The van der Waals surface area contributed by atoms with Crippen molar-refractivity contribution in [3.05, 3.63) is 52.7 Å². The number of nitrogens with one attached hydrogen (secondary N) is 1. The molecule has 0 bridgehead atoms. The van der Waals surface area contributed by atoms with Crippen molar-refractivity contribution in [2.45, 2.75) is 12.6 Å². The van der Waals surface area contributed by atoms with Crippen molar-refractivity contribution in [1.29, 1.82) is 0 Å². The van der Waals surface area contributed by atoms with Gasteiger partial charge in [0.15, 0.2) is 0 Å². The Morgan fingerprint density at radius 2 is 1.76 bits per heavy atom. The van der Waals surface area contributed by atoms with Crippen LogP contribution in [0.2, 0.25) is 5.15 Å². The second-order valence-electron chi connectivity index (χ2n) is 4.20. The molecule has 1 aromatic carbocycles. The number of anilines is 1. The molecular weight excluding hydrogens is 310 g/mol. The fourth-order valence-corrected chi connectivity index (χ4v) is 1.80. The first-order chi connectivity index (χ1) is 9.84. The predicted molar refractivity (Wildman–Crippen MR) is 70.6 cm³/mol. The number of nitrogens with zero attached hydrogens (tertiary/aromatic N) is 2. The summed E-state index contributed by atoms with van der Waals surface area (Å²) < 4.78 is 50.3. The van der Waals surface area contributed by atoms with Gasteiger partial charge in [0.2, 0.25) is 5.82 Å². The van der Waals surface area contributed by atoms with Gasteiger partial charge in [0, 0.05) is 12.6 Å². The molecule has 1 N–H and O–H groups in total. The fourth-order valence-electron chi connectivity index (χ4n) is 1.62. The third-order valence-corrected chi connectivity index (χ3v) is 2.78. The van der Waals surface area contributed by atoms with Crippen molar-refractivity contribution in [3.63, 3.8) is 0 Å². The van der Waals surface area contributed by atoms with Gasteiger partial charge in [-0.15, -0.1) is 0 Å². The van der Waals surface area contributed by atoms with E-state index in [-0.39, 0.29) is 16.8 Å². The van der Waals surface area contributed by atoms with E-state index in [1.54, 1.807) is 12.1 Å². The van der Waals surface area contributed by atoms with Gasteiger partial charge < -0.3 is 5.32 Å².